The van der Waals surface area contributed by atoms with E-state index in [9.17, 15) is 0 Å². The number of rotatable bonds is 4. The first kappa shape index (κ1) is 11.1. The van der Waals surface area contributed by atoms with Crippen LogP contribution in [0.3, 0.4) is 0 Å². The van der Waals surface area contributed by atoms with Crippen molar-refractivity contribution in [2.45, 2.75) is 12.5 Å². The van der Waals surface area contributed by atoms with E-state index in [-0.39, 0.29) is 6.04 Å². The number of hydrogen-bond donors (Lipinski definition) is 1. The van der Waals surface area contributed by atoms with E-state index in [1.807, 2.05) is 12.1 Å². The molecule has 0 saturated carbocycles. The first-order chi connectivity index (χ1) is 7.83. The van der Waals surface area contributed by atoms with Gasteiger partial charge < -0.3 is 5.73 Å². The topological polar surface area (TPSA) is 26.0 Å². The summed E-state index contributed by atoms with van der Waals surface area (Å²) in [7, 11) is 0. The van der Waals surface area contributed by atoms with Gasteiger partial charge in [0, 0.05) is 6.04 Å². The van der Waals surface area contributed by atoms with E-state index in [4.69, 9.17) is 5.73 Å². The van der Waals surface area contributed by atoms with E-state index in [2.05, 4.69) is 41.6 Å². The van der Waals surface area contributed by atoms with Crippen molar-refractivity contribution in [3.8, 4) is 11.1 Å². The quantitative estimate of drug-likeness (QED) is 0.788. The molecule has 0 fully saturated rings. The Bertz CT molecular complexity index is 459. The maximum atomic E-state index is 6.14. The maximum absolute atomic E-state index is 6.14. The predicted molar refractivity (Wildman–Crippen MR) is 71.5 cm³/mol. The second-order valence-corrected chi connectivity index (χ2v) is 4.51. The van der Waals surface area contributed by atoms with Crippen LogP contribution in [0.2, 0.25) is 0 Å². The molecular formula is C14H15NS. The third-order valence-corrected chi connectivity index (χ3v) is 3.30. The molecule has 0 aliphatic carbocycles. The minimum atomic E-state index is 0.0357. The highest BCUT2D eigenvalue weighted by molar-refractivity contribution is 7.08. The van der Waals surface area contributed by atoms with Gasteiger partial charge in [0.05, 0.1) is 0 Å². The Hall–Kier alpha value is -1.38. The molecule has 2 aromatic rings. The van der Waals surface area contributed by atoms with Gasteiger partial charge in [-0.3, -0.25) is 0 Å². The molecule has 1 atom stereocenters. The summed E-state index contributed by atoms with van der Waals surface area (Å²) in [6, 6.07) is 10.5. The molecule has 1 nitrogen and oxygen atoms in total. The van der Waals surface area contributed by atoms with Gasteiger partial charge >= 0.3 is 0 Å². The minimum absolute atomic E-state index is 0.0357. The molecule has 0 radical (unpaired) electrons. The maximum Gasteiger partial charge on any atom is 0.0335 e. The summed E-state index contributed by atoms with van der Waals surface area (Å²) in [4.78, 5) is 0. The van der Waals surface area contributed by atoms with Crippen molar-refractivity contribution < 1.29 is 0 Å². The zero-order valence-electron chi connectivity index (χ0n) is 9.10. The Morgan fingerprint density at radius 1 is 1.31 bits per heavy atom. The smallest absolute Gasteiger partial charge is 0.0335 e. The summed E-state index contributed by atoms with van der Waals surface area (Å²) in [6.07, 6.45) is 2.68. The lowest BCUT2D eigenvalue weighted by Gasteiger charge is -2.14. The van der Waals surface area contributed by atoms with Crippen LogP contribution in [0.1, 0.15) is 18.0 Å². The Labute approximate surface area is 100 Å². The van der Waals surface area contributed by atoms with Gasteiger partial charge in [-0.2, -0.15) is 11.3 Å². The van der Waals surface area contributed by atoms with Crippen molar-refractivity contribution in [1.29, 1.82) is 0 Å². The molecule has 0 bridgehead atoms. The predicted octanol–water partition coefficient (Wildman–Crippen LogP) is 3.99. The molecule has 1 unspecified atom stereocenters. The summed E-state index contributed by atoms with van der Waals surface area (Å²) in [5.41, 5.74) is 9.82. The van der Waals surface area contributed by atoms with Crippen molar-refractivity contribution in [1.82, 2.24) is 0 Å². The van der Waals surface area contributed by atoms with Crippen LogP contribution >= 0.6 is 11.3 Å². The fourth-order valence-electron chi connectivity index (χ4n) is 1.81. The number of thiophene rings is 1. The van der Waals surface area contributed by atoms with Crippen molar-refractivity contribution >= 4 is 11.3 Å². The Kier molecular flexibility index (Phi) is 3.54. The molecule has 0 aliphatic rings. The van der Waals surface area contributed by atoms with Gasteiger partial charge in [-0.05, 0) is 39.9 Å². The molecule has 0 saturated heterocycles. The lowest BCUT2D eigenvalue weighted by molar-refractivity contribution is 0.744. The summed E-state index contributed by atoms with van der Waals surface area (Å²) in [6.45, 7) is 3.74. The van der Waals surface area contributed by atoms with E-state index in [0.29, 0.717) is 0 Å². The summed E-state index contributed by atoms with van der Waals surface area (Å²) >= 11 is 1.71. The average Bonchev–Trinajstić information content (AvgIpc) is 2.83. The van der Waals surface area contributed by atoms with Crippen LogP contribution in [0, 0.1) is 0 Å². The van der Waals surface area contributed by atoms with E-state index >= 15 is 0 Å². The van der Waals surface area contributed by atoms with Gasteiger partial charge in [-0.15, -0.1) is 6.58 Å². The lowest BCUT2D eigenvalue weighted by Crippen LogP contribution is -2.10. The molecule has 1 aromatic carbocycles. The summed E-state index contributed by atoms with van der Waals surface area (Å²) in [5, 5.41) is 4.24. The third-order valence-electron chi connectivity index (χ3n) is 2.61. The molecular weight excluding hydrogens is 214 g/mol. The van der Waals surface area contributed by atoms with E-state index < -0.39 is 0 Å². The summed E-state index contributed by atoms with van der Waals surface area (Å²) < 4.78 is 0. The average molecular weight is 229 g/mol. The fraction of sp³-hybridized carbons (Fsp3) is 0.143. The van der Waals surface area contributed by atoms with Gasteiger partial charge in [0.2, 0.25) is 0 Å². The van der Waals surface area contributed by atoms with Crippen LogP contribution in [0.15, 0.2) is 53.7 Å². The SMILES string of the molecule is C=CCC(N)c1ccccc1-c1ccsc1. The molecule has 0 spiro atoms. The fourth-order valence-corrected chi connectivity index (χ4v) is 2.46. The van der Waals surface area contributed by atoms with E-state index in [1.54, 1.807) is 11.3 Å². The number of benzene rings is 1. The van der Waals surface area contributed by atoms with Crippen LogP contribution in [-0.4, -0.2) is 0 Å². The zero-order valence-corrected chi connectivity index (χ0v) is 9.91. The summed E-state index contributed by atoms with van der Waals surface area (Å²) in [5.74, 6) is 0. The van der Waals surface area contributed by atoms with Crippen LogP contribution < -0.4 is 5.73 Å². The monoisotopic (exact) mass is 229 g/mol. The van der Waals surface area contributed by atoms with E-state index in [1.165, 1.54) is 16.7 Å². The van der Waals surface area contributed by atoms with Gasteiger partial charge in [0.1, 0.15) is 0 Å². The molecule has 1 heterocycles. The first-order valence-corrected chi connectivity index (χ1v) is 6.25. The largest absolute Gasteiger partial charge is 0.324 e. The van der Waals surface area contributed by atoms with Crippen molar-refractivity contribution in [2.75, 3.05) is 0 Å². The van der Waals surface area contributed by atoms with Crippen LogP contribution in [0.25, 0.3) is 11.1 Å². The van der Waals surface area contributed by atoms with Gasteiger partial charge in [0.15, 0.2) is 0 Å². The molecule has 0 amide bonds. The van der Waals surface area contributed by atoms with Gasteiger partial charge in [0.25, 0.3) is 0 Å². The number of hydrogen-bond acceptors (Lipinski definition) is 2. The number of nitrogens with two attached hydrogens (primary N) is 1. The van der Waals surface area contributed by atoms with Gasteiger partial charge in [-0.1, -0.05) is 30.3 Å². The molecule has 2 N–H and O–H groups in total. The highest BCUT2D eigenvalue weighted by Crippen LogP contribution is 2.30. The molecule has 2 rings (SSSR count). The normalized spacial score (nSPS) is 12.3. The van der Waals surface area contributed by atoms with Crippen LogP contribution in [0.4, 0.5) is 0 Å². The molecule has 1 aromatic heterocycles. The van der Waals surface area contributed by atoms with Crippen molar-refractivity contribution in [2.24, 2.45) is 5.73 Å². The Balaban J connectivity index is 2.42. The highest BCUT2D eigenvalue weighted by Gasteiger charge is 2.10. The third kappa shape index (κ3) is 2.23. The Morgan fingerprint density at radius 2 is 2.12 bits per heavy atom. The second-order valence-electron chi connectivity index (χ2n) is 3.73. The van der Waals surface area contributed by atoms with Crippen molar-refractivity contribution in [3.63, 3.8) is 0 Å². The van der Waals surface area contributed by atoms with Crippen LogP contribution in [0.5, 0.6) is 0 Å². The molecule has 16 heavy (non-hydrogen) atoms. The lowest BCUT2D eigenvalue weighted by atomic mass is 9.95. The minimum Gasteiger partial charge on any atom is -0.324 e. The second kappa shape index (κ2) is 5.10. The first-order valence-electron chi connectivity index (χ1n) is 5.31. The Morgan fingerprint density at radius 3 is 2.81 bits per heavy atom. The molecule has 0 aliphatic heterocycles. The van der Waals surface area contributed by atoms with Crippen molar-refractivity contribution in [3.05, 3.63) is 59.3 Å². The van der Waals surface area contributed by atoms with Crippen LogP contribution in [-0.2, 0) is 0 Å². The standard InChI is InChI=1S/C14H15NS/c1-2-5-14(15)13-7-4-3-6-12(13)11-8-9-16-10-11/h2-4,6-10,14H,1,5,15H2. The molecule has 82 valence electrons. The molecule has 2 heteroatoms. The van der Waals surface area contributed by atoms with E-state index in [0.717, 1.165) is 6.42 Å². The zero-order chi connectivity index (χ0) is 11.4. The highest BCUT2D eigenvalue weighted by atomic mass is 32.1. The van der Waals surface area contributed by atoms with Gasteiger partial charge in [-0.25, -0.2) is 0 Å².